The van der Waals surface area contributed by atoms with Crippen molar-refractivity contribution in [2.45, 2.75) is 72.3 Å². The van der Waals surface area contributed by atoms with Crippen LogP contribution in [0.15, 0.2) is 66.7 Å². The first-order chi connectivity index (χ1) is 19.5. The van der Waals surface area contributed by atoms with E-state index in [1.807, 2.05) is 56.3 Å². The maximum Gasteiger partial charge on any atom is 0.323 e. The van der Waals surface area contributed by atoms with E-state index in [9.17, 15) is 14.7 Å². The number of hydrogen-bond acceptors (Lipinski definition) is 4. The van der Waals surface area contributed by atoms with E-state index in [2.05, 4.69) is 50.4 Å². The van der Waals surface area contributed by atoms with Gasteiger partial charge in [0, 0.05) is 25.1 Å². The van der Waals surface area contributed by atoms with Crippen LogP contribution in [-0.2, 0) is 29.6 Å². The smallest absolute Gasteiger partial charge is 0.323 e. The molecule has 0 aliphatic carbocycles. The van der Waals surface area contributed by atoms with Gasteiger partial charge in [0.2, 0.25) is 0 Å². The molecule has 41 heavy (non-hydrogen) atoms. The molecule has 0 saturated heterocycles. The number of aliphatic carboxylic acids is 1. The predicted molar refractivity (Wildman–Crippen MR) is 165 cm³/mol. The minimum atomic E-state index is -0.899. The van der Waals surface area contributed by atoms with Crippen LogP contribution in [0.2, 0.25) is 0 Å². The largest absolute Gasteiger partial charge is 0.494 e. The molecule has 0 atom stereocenters. The fourth-order valence-corrected chi connectivity index (χ4v) is 4.71. The molecule has 218 valence electrons. The Balaban J connectivity index is 1.56. The van der Waals surface area contributed by atoms with Crippen LogP contribution in [0.4, 0.5) is 4.79 Å². The van der Waals surface area contributed by atoms with Gasteiger partial charge in [0.1, 0.15) is 11.6 Å². The highest BCUT2D eigenvalue weighted by Crippen LogP contribution is 2.28. The second kappa shape index (κ2) is 14.5. The van der Waals surface area contributed by atoms with Gasteiger partial charge >= 0.3 is 12.0 Å². The number of urea groups is 1. The second-order valence-electron chi connectivity index (χ2n) is 11.2. The van der Waals surface area contributed by atoms with Crippen molar-refractivity contribution in [1.82, 2.24) is 10.2 Å². The summed E-state index contributed by atoms with van der Waals surface area (Å²) in [5, 5.41) is 20.8. The molecule has 0 radical (unpaired) electrons. The lowest BCUT2D eigenvalue weighted by molar-refractivity contribution is -0.136. The number of carboxylic acid groups (broad SMARTS) is 1. The topological polar surface area (TPSA) is 103 Å². The molecular weight excluding hydrogens is 514 g/mol. The van der Waals surface area contributed by atoms with E-state index in [0.717, 1.165) is 35.1 Å². The molecule has 7 nitrogen and oxygen atoms in total. The fraction of sp³-hybridized carbons (Fsp3) is 0.382. The predicted octanol–water partition coefficient (Wildman–Crippen LogP) is 7.21. The van der Waals surface area contributed by atoms with Crippen LogP contribution in [0.1, 0.15) is 69.7 Å². The van der Waals surface area contributed by atoms with Crippen LogP contribution in [-0.4, -0.2) is 41.0 Å². The molecule has 3 N–H and O–H groups in total. The number of rotatable bonds is 12. The van der Waals surface area contributed by atoms with E-state index in [0.29, 0.717) is 43.3 Å². The Morgan fingerprint density at radius 1 is 0.951 bits per heavy atom. The first-order valence-corrected chi connectivity index (χ1v) is 14.3. The molecule has 0 spiro atoms. The standard InChI is InChI=1S/C34H43N3O4/c1-6-37(33(40)36-23-25-14-17-29(18-15-25)34(3,4)5)31(35)13-9-11-24-10-8-12-26(20-24)27-16-19-30(41-7-2)28(21-27)22-32(38)39/h8,10,12,14-21,35H,6-7,9,11,13,22-23H2,1-5H3,(H,36,40)(H,38,39). The van der Waals surface area contributed by atoms with Crippen molar-refractivity contribution in [2.75, 3.05) is 13.2 Å². The summed E-state index contributed by atoms with van der Waals surface area (Å²) in [7, 11) is 0. The van der Waals surface area contributed by atoms with E-state index in [-0.39, 0.29) is 17.9 Å². The Bertz CT molecular complexity index is 1340. The minimum Gasteiger partial charge on any atom is -0.494 e. The normalized spacial score (nSPS) is 11.1. The molecule has 3 aromatic rings. The molecule has 0 aliphatic heterocycles. The Morgan fingerprint density at radius 3 is 2.29 bits per heavy atom. The highest BCUT2D eigenvalue weighted by atomic mass is 16.5. The van der Waals surface area contributed by atoms with Crippen molar-refractivity contribution in [3.8, 4) is 16.9 Å². The number of hydrogen-bond donors (Lipinski definition) is 3. The summed E-state index contributed by atoms with van der Waals surface area (Å²) in [6.45, 7) is 11.6. The van der Waals surface area contributed by atoms with Gasteiger partial charge in [0.05, 0.1) is 13.0 Å². The third-order valence-electron chi connectivity index (χ3n) is 6.99. The number of amidine groups is 1. The fourth-order valence-electron chi connectivity index (χ4n) is 4.71. The van der Waals surface area contributed by atoms with E-state index >= 15 is 0 Å². The van der Waals surface area contributed by atoms with Crippen molar-refractivity contribution < 1.29 is 19.4 Å². The Morgan fingerprint density at radius 2 is 1.66 bits per heavy atom. The van der Waals surface area contributed by atoms with Crippen LogP contribution in [0.25, 0.3) is 11.1 Å². The van der Waals surface area contributed by atoms with E-state index < -0.39 is 5.97 Å². The molecule has 0 unspecified atom stereocenters. The summed E-state index contributed by atoms with van der Waals surface area (Å²) < 4.78 is 5.61. The van der Waals surface area contributed by atoms with Crippen LogP contribution in [0.5, 0.6) is 5.75 Å². The van der Waals surface area contributed by atoms with Crippen molar-refractivity contribution >= 4 is 17.8 Å². The minimum absolute atomic E-state index is 0.0813. The van der Waals surface area contributed by atoms with Gasteiger partial charge in [-0.3, -0.25) is 15.1 Å². The number of carbonyl (C=O) groups excluding carboxylic acids is 1. The van der Waals surface area contributed by atoms with Gasteiger partial charge in [-0.15, -0.1) is 0 Å². The van der Waals surface area contributed by atoms with Crippen molar-refractivity contribution in [1.29, 1.82) is 5.41 Å². The van der Waals surface area contributed by atoms with Crippen LogP contribution >= 0.6 is 0 Å². The zero-order chi connectivity index (χ0) is 30.0. The molecule has 0 aliphatic rings. The first-order valence-electron chi connectivity index (χ1n) is 14.3. The molecule has 7 heteroatoms. The van der Waals surface area contributed by atoms with Crippen LogP contribution in [0, 0.1) is 5.41 Å². The summed E-state index contributed by atoms with van der Waals surface area (Å²) in [5.41, 5.74) is 6.05. The summed E-state index contributed by atoms with van der Waals surface area (Å²) in [5.74, 6) is -0.00537. The number of ether oxygens (including phenoxy) is 1. The molecule has 3 rings (SSSR count). The zero-order valence-electron chi connectivity index (χ0n) is 24.9. The maximum absolute atomic E-state index is 12.8. The van der Waals surface area contributed by atoms with Crippen molar-refractivity contribution in [3.63, 3.8) is 0 Å². The lowest BCUT2D eigenvalue weighted by Gasteiger charge is -2.22. The number of nitrogens with zero attached hydrogens (tertiary/aromatic N) is 1. The zero-order valence-corrected chi connectivity index (χ0v) is 24.9. The van der Waals surface area contributed by atoms with E-state index in [1.165, 1.54) is 10.5 Å². The number of benzene rings is 3. The first kappa shape index (κ1) is 31.4. The van der Waals surface area contributed by atoms with Gasteiger partial charge in [0.25, 0.3) is 0 Å². The van der Waals surface area contributed by atoms with Gasteiger partial charge in [-0.25, -0.2) is 4.79 Å². The molecule has 0 heterocycles. The molecule has 0 saturated carbocycles. The van der Waals surface area contributed by atoms with Gasteiger partial charge in [-0.05, 0) is 72.1 Å². The lowest BCUT2D eigenvalue weighted by atomic mass is 9.87. The highest BCUT2D eigenvalue weighted by molar-refractivity contribution is 5.95. The summed E-state index contributed by atoms with van der Waals surface area (Å²) in [6.07, 6.45) is 1.87. The average Bonchev–Trinajstić information content (AvgIpc) is 2.93. The number of nitrogens with one attached hydrogen (secondary N) is 2. The Hall–Kier alpha value is -4.13. The van der Waals surface area contributed by atoms with Gasteiger partial charge < -0.3 is 15.2 Å². The number of carbonyl (C=O) groups is 2. The number of aryl methyl sites for hydroxylation is 1. The molecule has 0 fully saturated rings. The molecule has 0 aromatic heterocycles. The molecule has 0 bridgehead atoms. The third-order valence-corrected chi connectivity index (χ3v) is 6.99. The quantitative estimate of drug-likeness (QED) is 0.162. The van der Waals surface area contributed by atoms with Gasteiger partial charge in [-0.1, -0.05) is 75.4 Å². The Labute approximate surface area is 244 Å². The van der Waals surface area contributed by atoms with Gasteiger partial charge in [0.15, 0.2) is 0 Å². The van der Waals surface area contributed by atoms with E-state index in [4.69, 9.17) is 10.1 Å². The molecule has 2 amide bonds. The monoisotopic (exact) mass is 557 g/mol. The average molecular weight is 558 g/mol. The van der Waals surface area contributed by atoms with Gasteiger partial charge in [-0.2, -0.15) is 0 Å². The Kier molecular flexibility index (Phi) is 11.1. The van der Waals surface area contributed by atoms with Crippen LogP contribution < -0.4 is 10.1 Å². The summed E-state index contributed by atoms with van der Waals surface area (Å²) in [6, 6.07) is 21.8. The second-order valence-corrected chi connectivity index (χ2v) is 11.2. The van der Waals surface area contributed by atoms with Crippen LogP contribution in [0.3, 0.4) is 0 Å². The number of amides is 2. The van der Waals surface area contributed by atoms with Crippen molar-refractivity contribution in [3.05, 3.63) is 89.0 Å². The molecular formula is C34H43N3O4. The third kappa shape index (κ3) is 9.20. The number of carboxylic acids is 1. The summed E-state index contributed by atoms with van der Waals surface area (Å²) >= 11 is 0. The molecule has 3 aromatic carbocycles. The SMILES string of the molecule is CCOc1ccc(-c2cccc(CCCC(=N)N(CC)C(=O)NCc3ccc(C(C)(C)C)cc3)c2)cc1CC(=O)O. The lowest BCUT2D eigenvalue weighted by Crippen LogP contribution is -2.43. The highest BCUT2D eigenvalue weighted by Gasteiger charge is 2.17. The summed E-state index contributed by atoms with van der Waals surface area (Å²) in [4.78, 5) is 25.7. The van der Waals surface area contributed by atoms with E-state index in [1.54, 1.807) is 0 Å². The maximum atomic E-state index is 12.8. The van der Waals surface area contributed by atoms with Crippen molar-refractivity contribution in [2.24, 2.45) is 0 Å².